The van der Waals surface area contributed by atoms with E-state index >= 15 is 0 Å². The van der Waals surface area contributed by atoms with Crippen molar-refractivity contribution in [2.45, 2.75) is 181 Å². The summed E-state index contributed by atoms with van der Waals surface area (Å²) in [4.78, 5) is 34.7. The second-order valence-corrected chi connectivity index (χ2v) is 15.1. The quantitative estimate of drug-likeness (QED) is 0.0286. The van der Waals surface area contributed by atoms with E-state index < -0.39 is 26.5 Å². The average Bonchev–Trinajstić information content (AvgIpc) is 3.15. The van der Waals surface area contributed by atoms with Gasteiger partial charge >= 0.3 is 19.8 Å². The molecule has 0 saturated heterocycles. The first kappa shape index (κ1) is 51.5. The van der Waals surface area contributed by atoms with Gasteiger partial charge in [-0.1, -0.05) is 145 Å². The van der Waals surface area contributed by atoms with Crippen LogP contribution in [0.2, 0.25) is 0 Å². The molecule has 1 N–H and O–H groups in total. The first-order chi connectivity index (χ1) is 26.3. The van der Waals surface area contributed by atoms with E-state index in [1.54, 1.807) is 6.92 Å². The molecule has 2 unspecified atom stereocenters. The summed E-state index contributed by atoms with van der Waals surface area (Å²) in [6.07, 6.45) is 49.5. The van der Waals surface area contributed by atoms with E-state index in [4.69, 9.17) is 18.5 Å². The summed E-state index contributed by atoms with van der Waals surface area (Å²) in [5, 5.41) is 0. The van der Waals surface area contributed by atoms with Crippen LogP contribution in [0, 0.1) is 0 Å². The topological polar surface area (TPSA) is 108 Å². The molecule has 0 aliphatic heterocycles. The second kappa shape index (κ2) is 40.2. The lowest BCUT2D eigenvalue weighted by Crippen LogP contribution is -2.29. The summed E-state index contributed by atoms with van der Waals surface area (Å²) in [6.45, 7) is 5.29. The Morgan fingerprint density at radius 1 is 0.519 bits per heavy atom. The lowest BCUT2D eigenvalue weighted by Gasteiger charge is -2.19. The Balaban J connectivity index is 4.16. The average molecular weight is 777 g/mol. The molecule has 0 saturated carbocycles. The van der Waals surface area contributed by atoms with Crippen LogP contribution < -0.4 is 0 Å². The van der Waals surface area contributed by atoms with Gasteiger partial charge in [-0.2, -0.15) is 0 Å². The maximum absolute atomic E-state index is 12.6. The predicted molar refractivity (Wildman–Crippen MR) is 225 cm³/mol. The number of phosphoric acid groups is 1. The van der Waals surface area contributed by atoms with Crippen molar-refractivity contribution in [3.8, 4) is 0 Å². The van der Waals surface area contributed by atoms with Gasteiger partial charge in [0.1, 0.15) is 6.61 Å². The number of esters is 2. The van der Waals surface area contributed by atoms with Crippen LogP contribution in [0.4, 0.5) is 0 Å². The van der Waals surface area contributed by atoms with Crippen LogP contribution in [-0.4, -0.2) is 42.8 Å². The summed E-state index contributed by atoms with van der Waals surface area (Å²) in [7, 11) is -4.29. The van der Waals surface area contributed by atoms with Gasteiger partial charge in [0.05, 0.1) is 13.2 Å². The molecular formula is C45H77O8P. The Labute approximate surface area is 330 Å². The van der Waals surface area contributed by atoms with Gasteiger partial charge in [-0.25, -0.2) is 4.57 Å². The molecule has 54 heavy (non-hydrogen) atoms. The van der Waals surface area contributed by atoms with Crippen molar-refractivity contribution in [3.63, 3.8) is 0 Å². The van der Waals surface area contributed by atoms with Gasteiger partial charge in [0.15, 0.2) is 6.10 Å². The highest BCUT2D eigenvalue weighted by Gasteiger charge is 2.25. The lowest BCUT2D eigenvalue weighted by molar-refractivity contribution is -0.161. The molecule has 0 heterocycles. The maximum atomic E-state index is 12.6. The molecule has 0 amide bonds. The van der Waals surface area contributed by atoms with Gasteiger partial charge in [0.2, 0.25) is 0 Å². The highest BCUT2D eigenvalue weighted by Crippen LogP contribution is 2.43. The highest BCUT2D eigenvalue weighted by molar-refractivity contribution is 7.47. The highest BCUT2D eigenvalue weighted by atomic mass is 31.2. The fourth-order valence-electron chi connectivity index (χ4n) is 5.41. The third-order valence-electron chi connectivity index (χ3n) is 8.50. The number of phosphoric ester groups is 1. The molecule has 0 radical (unpaired) electrons. The van der Waals surface area contributed by atoms with E-state index in [1.165, 1.54) is 25.7 Å². The van der Waals surface area contributed by atoms with Crippen molar-refractivity contribution < 1.29 is 37.6 Å². The molecule has 0 aromatic heterocycles. The number of unbranched alkanes of at least 4 members (excludes halogenated alkanes) is 14. The van der Waals surface area contributed by atoms with E-state index in [2.05, 4.69) is 86.8 Å². The Bertz CT molecular complexity index is 1110. The lowest BCUT2D eigenvalue weighted by atomic mass is 10.1. The molecule has 0 aliphatic carbocycles. The number of allylic oxidation sites excluding steroid dienone is 12. The number of hydrogen-bond acceptors (Lipinski definition) is 7. The van der Waals surface area contributed by atoms with Crippen LogP contribution in [0.15, 0.2) is 72.9 Å². The Morgan fingerprint density at radius 3 is 1.43 bits per heavy atom. The van der Waals surface area contributed by atoms with Gasteiger partial charge in [0, 0.05) is 12.8 Å². The molecule has 2 atom stereocenters. The van der Waals surface area contributed by atoms with E-state index in [-0.39, 0.29) is 32.0 Å². The van der Waals surface area contributed by atoms with E-state index in [0.717, 1.165) is 109 Å². The smallest absolute Gasteiger partial charge is 0.462 e. The molecule has 0 aromatic carbocycles. The predicted octanol–water partition coefficient (Wildman–Crippen LogP) is 13.3. The van der Waals surface area contributed by atoms with Gasteiger partial charge in [-0.3, -0.25) is 18.6 Å². The molecule has 0 aliphatic rings. The summed E-state index contributed by atoms with van der Waals surface area (Å²) < 4.78 is 32.6. The molecule has 0 spiro atoms. The van der Waals surface area contributed by atoms with E-state index in [1.807, 2.05) is 0 Å². The van der Waals surface area contributed by atoms with Crippen molar-refractivity contribution in [3.05, 3.63) is 72.9 Å². The number of ether oxygens (including phenoxy) is 2. The van der Waals surface area contributed by atoms with Crippen molar-refractivity contribution >= 4 is 19.8 Å². The molecule has 9 heteroatoms. The molecule has 310 valence electrons. The van der Waals surface area contributed by atoms with Crippen molar-refractivity contribution in [2.24, 2.45) is 0 Å². The maximum Gasteiger partial charge on any atom is 0.472 e. The first-order valence-electron chi connectivity index (χ1n) is 21.2. The van der Waals surface area contributed by atoms with Crippen molar-refractivity contribution in [1.82, 2.24) is 0 Å². The summed E-state index contributed by atoms with van der Waals surface area (Å²) in [6, 6.07) is 0. The zero-order valence-electron chi connectivity index (χ0n) is 34.3. The molecule has 0 fully saturated rings. The van der Waals surface area contributed by atoms with Crippen LogP contribution in [0.5, 0.6) is 0 Å². The van der Waals surface area contributed by atoms with E-state index in [0.29, 0.717) is 6.42 Å². The number of carbonyl (C=O) groups is 2. The summed E-state index contributed by atoms with van der Waals surface area (Å²) in [5.74, 6) is -0.836. The normalized spacial score (nSPS) is 14.1. The first-order valence-corrected chi connectivity index (χ1v) is 22.7. The van der Waals surface area contributed by atoms with Crippen LogP contribution in [-0.2, 0) is 32.7 Å². The fourth-order valence-corrected chi connectivity index (χ4v) is 6.17. The van der Waals surface area contributed by atoms with Crippen LogP contribution in [0.3, 0.4) is 0 Å². The third kappa shape index (κ3) is 39.2. The largest absolute Gasteiger partial charge is 0.472 e. The monoisotopic (exact) mass is 777 g/mol. The Kier molecular flexibility index (Phi) is 38.3. The van der Waals surface area contributed by atoms with Crippen LogP contribution in [0.25, 0.3) is 0 Å². The standard InChI is InChI=1S/C45H77O8P/c1-4-7-9-11-13-15-17-19-21-22-23-24-26-28-30-32-34-36-38-40-45(47)53-43(42-52-54(48,49)51-6-3)41-50-44(46)39-37-35-33-31-29-27-25-20-18-16-14-12-10-8-5-2/h7,9,13-16,19-21,23-25,43H,4-6,8,10-12,17-18,22,26-42H2,1-3H3,(H,48,49)/b9-7-,15-13-,16-14-,21-19-,24-23-,25-20-. The molecule has 8 nitrogen and oxygen atoms in total. The summed E-state index contributed by atoms with van der Waals surface area (Å²) in [5.41, 5.74) is 0. The van der Waals surface area contributed by atoms with Crippen molar-refractivity contribution in [2.75, 3.05) is 19.8 Å². The Hall–Kier alpha value is -2.51. The minimum atomic E-state index is -4.29. The van der Waals surface area contributed by atoms with Gasteiger partial charge in [0.25, 0.3) is 0 Å². The number of rotatable bonds is 38. The number of carbonyl (C=O) groups excluding carboxylic acids is 2. The SMILES string of the molecule is CC/C=C\C/C=C\C/C=C\C/C=C\CCCCCCCCC(=O)OC(COC(=O)CCCCCCC/C=C\C/C=C\CCCCC)COP(=O)(O)OCC. The second-order valence-electron chi connectivity index (χ2n) is 13.6. The van der Waals surface area contributed by atoms with Crippen LogP contribution in [0.1, 0.15) is 175 Å². The van der Waals surface area contributed by atoms with E-state index in [9.17, 15) is 19.0 Å². The zero-order chi connectivity index (χ0) is 39.6. The van der Waals surface area contributed by atoms with Gasteiger partial charge in [-0.05, 0) is 90.4 Å². The van der Waals surface area contributed by atoms with Gasteiger partial charge < -0.3 is 14.4 Å². The van der Waals surface area contributed by atoms with Crippen LogP contribution >= 0.6 is 7.82 Å². The minimum absolute atomic E-state index is 0.00873. The zero-order valence-corrected chi connectivity index (χ0v) is 35.2. The van der Waals surface area contributed by atoms with Crippen molar-refractivity contribution in [1.29, 1.82) is 0 Å². The Morgan fingerprint density at radius 2 is 0.944 bits per heavy atom. The molecular weight excluding hydrogens is 699 g/mol. The molecule has 0 rings (SSSR count). The minimum Gasteiger partial charge on any atom is -0.462 e. The van der Waals surface area contributed by atoms with Gasteiger partial charge in [-0.15, -0.1) is 0 Å². The summed E-state index contributed by atoms with van der Waals surface area (Å²) >= 11 is 0. The third-order valence-corrected chi connectivity index (χ3v) is 9.56. The fraction of sp³-hybridized carbons (Fsp3) is 0.689. The number of hydrogen-bond donors (Lipinski definition) is 1. The molecule has 0 aromatic rings. The molecule has 0 bridgehead atoms.